The molecule has 0 fully saturated rings. The molecule has 3 heteroatoms. The Morgan fingerprint density at radius 3 is 2.74 bits per heavy atom. The first-order valence-electron chi connectivity index (χ1n) is 6.25. The standard InChI is InChI=1S/C16H16N2O/c1-19-13-7-6-11(15(17)9-13)8-12-10-18-16-5-3-2-4-14(12)16/h2-7,9-10,18H,8,17H2,1H3. The number of aromatic amines is 1. The van der Waals surface area contributed by atoms with Crippen LogP contribution in [0.5, 0.6) is 5.75 Å². The summed E-state index contributed by atoms with van der Waals surface area (Å²) in [5.74, 6) is 0.792. The molecule has 1 aromatic heterocycles. The van der Waals surface area contributed by atoms with Crippen molar-refractivity contribution in [3.8, 4) is 5.75 Å². The Balaban J connectivity index is 1.97. The Hall–Kier alpha value is -2.42. The molecule has 0 aliphatic rings. The molecule has 96 valence electrons. The first-order chi connectivity index (χ1) is 9.28. The molecule has 1 heterocycles. The average Bonchev–Trinajstić information content (AvgIpc) is 2.84. The first kappa shape index (κ1) is 11.7. The van der Waals surface area contributed by atoms with E-state index in [0.29, 0.717) is 0 Å². The van der Waals surface area contributed by atoms with E-state index >= 15 is 0 Å². The number of fused-ring (bicyclic) bond motifs is 1. The van der Waals surface area contributed by atoms with E-state index < -0.39 is 0 Å². The smallest absolute Gasteiger partial charge is 0.120 e. The molecule has 0 aliphatic carbocycles. The summed E-state index contributed by atoms with van der Waals surface area (Å²) in [5, 5.41) is 1.25. The SMILES string of the molecule is COc1ccc(Cc2c[nH]c3ccccc23)c(N)c1. The molecule has 0 saturated heterocycles. The fourth-order valence-corrected chi connectivity index (χ4v) is 2.34. The van der Waals surface area contributed by atoms with Crippen molar-refractivity contribution in [2.45, 2.75) is 6.42 Å². The van der Waals surface area contributed by atoms with Gasteiger partial charge in [0.2, 0.25) is 0 Å². The van der Waals surface area contributed by atoms with Crippen LogP contribution in [0, 0.1) is 0 Å². The largest absolute Gasteiger partial charge is 0.497 e. The van der Waals surface area contributed by atoms with Crippen LogP contribution in [0.4, 0.5) is 5.69 Å². The number of methoxy groups -OCH3 is 1. The lowest BCUT2D eigenvalue weighted by molar-refractivity contribution is 0.415. The normalized spacial score (nSPS) is 10.8. The number of ether oxygens (including phenoxy) is 1. The second kappa shape index (κ2) is 4.69. The molecular weight excluding hydrogens is 236 g/mol. The molecule has 19 heavy (non-hydrogen) atoms. The van der Waals surface area contributed by atoms with Gasteiger partial charge in [-0.15, -0.1) is 0 Å². The number of nitrogen functional groups attached to an aromatic ring is 1. The number of aromatic nitrogens is 1. The van der Waals surface area contributed by atoms with Crippen LogP contribution in [0.15, 0.2) is 48.7 Å². The van der Waals surface area contributed by atoms with E-state index in [1.807, 2.05) is 30.5 Å². The van der Waals surface area contributed by atoms with E-state index in [4.69, 9.17) is 10.5 Å². The Kier molecular flexibility index (Phi) is 2.88. The van der Waals surface area contributed by atoms with Crippen LogP contribution in [0.2, 0.25) is 0 Å². The van der Waals surface area contributed by atoms with Crippen molar-refractivity contribution >= 4 is 16.6 Å². The third-order valence-electron chi connectivity index (χ3n) is 3.41. The molecular formula is C16H16N2O. The summed E-state index contributed by atoms with van der Waals surface area (Å²) in [5.41, 5.74) is 10.4. The lowest BCUT2D eigenvalue weighted by Crippen LogP contribution is -1.96. The molecule has 0 atom stereocenters. The van der Waals surface area contributed by atoms with Gasteiger partial charge in [-0.05, 0) is 23.3 Å². The molecule has 0 aliphatic heterocycles. The van der Waals surface area contributed by atoms with Crippen molar-refractivity contribution in [1.82, 2.24) is 4.98 Å². The number of hydrogen-bond donors (Lipinski definition) is 2. The maximum Gasteiger partial charge on any atom is 0.120 e. The van der Waals surface area contributed by atoms with Crippen LogP contribution in [0.3, 0.4) is 0 Å². The van der Waals surface area contributed by atoms with Crippen molar-refractivity contribution in [2.24, 2.45) is 0 Å². The molecule has 0 saturated carbocycles. The fraction of sp³-hybridized carbons (Fsp3) is 0.125. The van der Waals surface area contributed by atoms with Crippen LogP contribution < -0.4 is 10.5 Å². The number of nitrogens with one attached hydrogen (secondary N) is 1. The molecule has 3 aromatic rings. The highest BCUT2D eigenvalue weighted by molar-refractivity contribution is 5.83. The lowest BCUT2D eigenvalue weighted by Gasteiger charge is -2.07. The number of hydrogen-bond acceptors (Lipinski definition) is 2. The topological polar surface area (TPSA) is 51.0 Å². The van der Waals surface area contributed by atoms with Gasteiger partial charge < -0.3 is 15.5 Å². The summed E-state index contributed by atoms with van der Waals surface area (Å²) < 4.78 is 5.17. The minimum atomic E-state index is 0.768. The highest BCUT2D eigenvalue weighted by atomic mass is 16.5. The Labute approximate surface area is 112 Å². The van der Waals surface area contributed by atoms with Gasteiger partial charge in [-0.1, -0.05) is 24.3 Å². The van der Waals surface area contributed by atoms with Crippen LogP contribution in [0.1, 0.15) is 11.1 Å². The Morgan fingerprint density at radius 1 is 1.11 bits per heavy atom. The van der Waals surface area contributed by atoms with Crippen molar-refractivity contribution in [2.75, 3.05) is 12.8 Å². The monoisotopic (exact) mass is 252 g/mol. The van der Waals surface area contributed by atoms with Gasteiger partial charge in [-0.25, -0.2) is 0 Å². The Bertz CT molecular complexity index is 716. The van der Waals surface area contributed by atoms with Gasteiger partial charge in [0, 0.05) is 35.3 Å². The highest BCUT2D eigenvalue weighted by Gasteiger charge is 2.07. The molecule has 0 spiro atoms. The number of rotatable bonds is 3. The minimum absolute atomic E-state index is 0.768. The van der Waals surface area contributed by atoms with Crippen LogP contribution >= 0.6 is 0 Å². The fourth-order valence-electron chi connectivity index (χ4n) is 2.34. The van der Waals surface area contributed by atoms with Gasteiger partial charge in [0.15, 0.2) is 0 Å². The molecule has 3 N–H and O–H groups in total. The van der Waals surface area contributed by atoms with Gasteiger partial charge in [0.25, 0.3) is 0 Å². The third-order valence-corrected chi connectivity index (χ3v) is 3.41. The highest BCUT2D eigenvalue weighted by Crippen LogP contribution is 2.25. The van der Waals surface area contributed by atoms with Gasteiger partial charge in [-0.3, -0.25) is 0 Å². The van der Waals surface area contributed by atoms with Crippen LogP contribution in [0.25, 0.3) is 10.9 Å². The number of para-hydroxylation sites is 1. The zero-order chi connectivity index (χ0) is 13.2. The molecule has 3 rings (SSSR count). The maximum atomic E-state index is 6.07. The maximum absolute atomic E-state index is 6.07. The van der Waals surface area contributed by atoms with Gasteiger partial charge in [0.1, 0.15) is 5.75 Å². The summed E-state index contributed by atoms with van der Waals surface area (Å²) in [6.45, 7) is 0. The molecule has 2 aromatic carbocycles. The minimum Gasteiger partial charge on any atom is -0.497 e. The van der Waals surface area contributed by atoms with Crippen LogP contribution in [-0.2, 0) is 6.42 Å². The summed E-state index contributed by atoms with van der Waals surface area (Å²) >= 11 is 0. The lowest BCUT2D eigenvalue weighted by atomic mass is 10.0. The molecule has 0 amide bonds. The summed E-state index contributed by atoms with van der Waals surface area (Å²) in [7, 11) is 1.65. The van der Waals surface area contributed by atoms with Gasteiger partial charge in [-0.2, -0.15) is 0 Å². The van der Waals surface area contributed by atoms with E-state index in [1.54, 1.807) is 7.11 Å². The Morgan fingerprint density at radius 2 is 1.95 bits per heavy atom. The van der Waals surface area contributed by atoms with Crippen molar-refractivity contribution in [1.29, 1.82) is 0 Å². The van der Waals surface area contributed by atoms with Crippen molar-refractivity contribution in [3.05, 3.63) is 59.8 Å². The zero-order valence-electron chi connectivity index (χ0n) is 10.8. The van der Waals surface area contributed by atoms with E-state index in [9.17, 15) is 0 Å². The molecule has 3 nitrogen and oxygen atoms in total. The molecule has 0 unspecified atom stereocenters. The van der Waals surface area contributed by atoms with Crippen molar-refractivity contribution < 1.29 is 4.74 Å². The number of benzene rings is 2. The summed E-state index contributed by atoms with van der Waals surface area (Å²) in [6, 6.07) is 14.1. The number of anilines is 1. The van der Waals surface area contributed by atoms with Gasteiger partial charge in [0.05, 0.1) is 7.11 Å². The average molecular weight is 252 g/mol. The van der Waals surface area contributed by atoms with E-state index in [2.05, 4.69) is 23.2 Å². The summed E-state index contributed by atoms with van der Waals surface area (Å²) in [4.78, 5) is 3.28. The molecule has 0 bridgehead atoms. The molecule has 0 radical (unpaired) electrons. The quantitative estimate of drug-likeness (QED) is 0.702. The summed E-state index contributed by atoms with van der Waals surface area (Å²) in [6.07, 6.45) is 2.87. The number of H-pyrrole nitrogens is 1. The second-order valence-electron chi connectivity index (χ2n) is 4.60. The third kappa shape index (κ3) is 2.15. The van der Waals surface area contributed by atoms with E-state index in [0.717, 1.165) is 28.9 Å². The second-order valence-corrected chi connectivity index (χ2v) is 4.60. The van der Waals surface area contributed by atoms with E-state index in [1.165, 1.54) is 10.9 Å². The van der Waals surface area contributed by atoms with Crippen molar-refractivity contribution in [3.63, 3.8) is 0 Å². The predicted octanol–water partition coefficient (Wildman–Crippen LogP) is 3.35. The van der Waals surface area contributed by atoms with E-state index in [-0.39, 0.29) is 0 Å². The van der Waals surface area contributed by atoms with Gasteiger partial charge >= 0.3 is 0 Å². The van der Waals surface area contributed by atoms with Crippen LogP contribution in [-0.4, -0.2) is 12.1 Å². The first-order valence-corrected chi connectivity index (χ1v) is 6.25. The zero-order valence-corrected chi connectivity index (χ0v) is 10.8. The predicted molar refractivity (Wildman–Crippen MR) is 78.5 cm³/mol. The number of nitrogens with two attached hydrogens (primary N) is 1.